The van der Waals surface area contributed by atoms with Crippen LogP contribution in [0.5, 0.6) is 28.7 Å². The molecular weight excluding hydrogens is 776 g/mol. The minimum atomic E-state index is -1.85. The summed E-state index contributed by atoms with van der Waals surface area (Å²) in [4.78, 5) is 12.2. The van der Waals surface area contributed by atoms with Crippen molar-refractivity contribution >= 4 is 18.1 Å². The number of hydrogen-bond acceptors (Lipinski definition) is 20. The predicted molar refractivity (Wildman–Crippen MR) is 195 cm³/mol. The Kier molecular flexibility index (Phi) is 15.3. The molecule has 20 heteroatoms. The number of hydrogen-bond donors (Lipinski definition) is 10. The van der Waals surface area contributed by atoms with E-state index in [1.165, 1.54) is 70.6 Å². The van der Waals surface area contributed by atoms with Gasteiger partial charge in [-0.05, 0) is 61.4 Å². The van der Waals surface area contributed by atoms with Gasteiger partial charge in [-0.15, -0.1) is 0 Å². The second-order valence-electron chi connectivity index (χ2n) is 13.8. The van der Waals surface area contributed by atoms with Gasteiger partial charge in [0, 0.05) is 6.08 Å². The lowest BCUT2D eigenvalue weighted by Crippen LogP contribution is -2.66. The molecule has 15 atom stereocenters. The van der Waals surface area contributed by atoms with Crippen LogP contribution in [0.25, 0.3) is 12.2 Å². The highest BCUT2D eigenvalue weighted by molar-refractivity contribution is 5.87. The van der Waals surface area contributed by atoms with E-state index >= 15 is 0 Å². The van der Waals surface area contributed by atoms with Crippen LogP contribution in [0.2, 0.25) is 0 Å². The topological polar surface area (TPSA) is 302 Å². The molecule has 3 aliphatic rings. The number of carbonyl (C=O) groups excluding carboxylic acids is 1. The molecule has 0 saturated carbocycles. The van der Waals surface area contributed by atoms with Crippen molar-refractivity contribution in [2.45, 2.75) is 106 Å². The zero-order valence-corrected chi connectivity index (χ0v) is 31.8. The average molecular weight is 827 g/mol. The maximum atomic E-state index is 12.2. The van der Waals surface area contributed by atoms with Crippen molar-refractivity contribution in [3.8, 4) is 28.7 Å². The standard InChI is InChI=1S/C38H50O20/c1-16-26(43)29(46)32(49)36(53-16)57-34-30(47)27(44)17(2)54-37(34)58-35-31(48)28(45)24(15-39)55-38(35)56-33-22(50-3)13-19(14-23(33)51-4)6-5-11-52-25(42)10-8-18-7-9-20(40)21(41)12-18/h5-10,12-14,16-17,24,26-32,34-41,43-49H,11,15H2,1-4H3/t16-,17-,24+,26-,27-,28+,29+,30+,31-,32+,34+,35+,36-,37-,38-/m0/s1. The molecule has 0 radical (unpaired) electrons. The van der Waals surface area contributed by atoms with Crippen LogP contribution in [0.4, 0.5) is 0 Å². The molecule has 0 aromatic heterocycles. The maximum absolute atomic E-state index is 12.2. The molecule has 0 unspecified atom stereocenters. The van der Waals surface area contributed by atoms with Gasteiger partial charge in [0.1, 0.15) is 61.5 Å². The molecule has 2 aromatic carbocycles. The van der Waals surface area contributed by atoms with Crippen LogP contribution in [-0.2, 0) is 33.2 Å². The number of phenols is 2. The number of aliphatic hydroxyl groups excluding tert-OH is 8. The summed E-state index contributed by atoms with van der Waals surface area (Å²) in [6, 6.07) is 7.09. The Hall–Kier alpha value is -4.13. The number of benzene rings is 2. The van der Waals surface area contributed by atoms with Gasteiger partial charge in [-0.1, -0.05) is 12.1 Å². The molecule has 3 fully saturated rings. The van der Waals surface area contributed by atoms with Crippen LogP contribution in [0, 0.1) is 0 Å². The number of aromatic hydroxyl groups is 2. The van der Waals surface area contributed by atoms with Gasteiger partial charge >= 0.3 is 5.97 Å². The van der Waals surface area contributed by atoms with Gasteiger partial charge in [0.15, 0.2) is 41.7 Å². The SMILES string of the molecule is COc1cc(C=CCOC(=O)C=Cc2ccc(O)c(O)c2)cc(OC)c1O[C@@H]1O[C@H](CO)[C@@H](O)[C@H](O)[C@H]1O[C@@H]1O[C@@H](C)[C@H](O)[C@@H](O)[C@H]1O[C@@H]1O[C@@H](C)[C@H](O)[C@@H](O)[C@H]1O. The Labute approximate surface area is 332 Å². The molecule has 0 bridgehead atoms. The number of phenolic OH excluding ortho intramolecular Hbond substituents is 2. The fourth-order valence-corrected chi connectivity index (χ4v) is 6.39. The lowest BCUT2D eigenvalue weighted by Gasteiger charge is -2.48. The van der Waals surface area contributed by atoms with E-state index in [9.17, 15) is 55.9 Å². The first-order valence-electron chi connectivity index (χ1n) is 18.2. The monoisotopic (exact) mass is 826 g/mol. The van der Waals surface area contributed by atoms with E-state index in [0.717, 1.165) is 6.08 Å². The minimum absolute atomic E-state index is 0.0696. The molecule has 322 valence electrons. The first-order valence-corrected chi connectivity index (χ1v) is 18.2. The molecule has 3 heterocycles. The molecule has 0 spiro atoms. The van der Waals surface area contributed by atoms with Crippen molar-refractivity contribution in [1.82, 2.24) is 0 Å². The van der Waals surface area contributed by atoms with E-state index < -0.39 is 105 Å². The zero-order valence-electron chi connectivity index (χ0n) is 31.8. The highest BCUT2D eigenvalue weighted by Crippen LogP contribution is 2.42. The minimum Gasteiger partial charge on any atom is -0.504 e. The Bertz CT molecular complexity index is 1710. The Morgan fingerprint density at radius 3 is 1.88 bits per heavy atom. The van der Waals surface area contributed by atoms with Crippen molar-refractivity contribution in [2.24, 2.45) is 0 Å². The smallest absolute Gasteiger partial charge is 0.331 e. The lowest BCUT2D eigenvalue weighted by atomic mass is 9.97. The van der Waals surface area contributed by atoms with Crippen LogP contribution in [0.3, 0.4) is 0 Å². The van der Waals surface area contributed by atoms with E-state index in [2.05, 4.69) is 0 Å². The number of carbonyl (C=O) groups is 1. The van der Waals surface area contributed by atoms with E-state index in [-0.39, 0.29) is 35.4 Å². The van der Waals surface area contributed by atoms with Crippen LogP contribution >= 0.6 is 0 Å². The normalized spacial score (nSPS) is 35.6. The number of ether oxygens (including phenoxy) is 9. The second-order valence-corrected chi connectivity index (χ2v) is 13.8. The summed E-state index contributed by atoms with van der Waals surface area (Å²) in [5.74, 6) is -1.27. The molecular formula is C38H50O20. The first-order chi connectivity index (χ1) is 27.6. The molecule has 0 amide bonds. The molecule has 3 aliphatic heterocycles. The Morgan fingerprint density at radius 1 is 0.672 bits per heavy atom. The van der Waals surface area contributed by atoms with Crippen LogP contribution in [-0.4, -0.2) is 177 Å². The summed E-state index contributed by atoms with van der Waals surface area (Å²) in [5, 5.41) is 104. The van der Waals surface area contributed by atoms with Gasteiger partial charge in [0.25, 0.3) is 0 Å². The fraction of sp³-hybridized carbons (Fsp3) is 0.553. The van der Waals surface area contributed by atoms with Crippen LogP contribution in [0.1, 0.15) is 25.0 Å². The summed E-state index contributed by atoms with van der Waals surface area (Å²) < 4.78 is 51.5. The summed E-state index contributed by atoms with van der Waals surface area (Å²) in [7, 11) is 2.65. The van der Waals surface area contributed by atoms with Crippen LogP contribution < -0.4 is 14.2 Å². The first kappa shape index (κ1) is 45.0. The average Bonchev–Trinajstić information content (AvgIpc) is 3.21. The Balaban J connectivity index is 1.34. The molecule has 10 N–H and O–H groups in total. The highest BCUT2D eigenvalue weighted by atomic mass is 16.8. The van der Waals surface area contributed by atoms with Crippen molar-refractivity contribution in [3.63, 3.8) is 0 Å². The zero-order chi connectivity index (χ0) is 42.4. The van der Waals surface area contributed by atoms with Crippen LogP contribution in [0.15, 0.2) is 42.5 Å². The Morgan fingerprint density at radius 2 is 1.26 bits per heavy atom. The molecule has 5 rings (SSSR count). The largest absolute Gasteiger partial charge is 0.504 e. The quantitative estimate of drug-likeness (QED) is 0.0575. The lowest BCUT2D eigenvalue weighted by molar-refractivity contribution is -0.385. The number of rotatable bonds is 14. The molecule has 58 heavy (non-hydrogen) atoms. The summed E-state index contributed by atoms with van der Waals surface area (Å²) in [6.45, 7) is 1.91. The van der Waals surface area contributed by atoms with Crippen molar-refractivity contribution in [1.29, 1.82) is 0 Å². The van der Waals surface area contributed by atoms with Gasteiger partial charge in [0.05, 0.1) is 33.0 Å². The summed E-state index contributed by atoms with van der Waals surface area (Å²) in [6.07, 6.45) is -18.2. The highest BCUT2D eigenvalue weighted by Gasteiger charge is 2.53. The summed E-state index contributed by atoms with van der Waals surface area (Å²) in [5.41, 5.74) is 0.945. The van der Waals surface area contributed by atoms with Crippen molar-refractivity contribution in [3.05, 3.63) is 53.6 Å². The van der Waals surface area contributed by atoms with Gasteiger partial charge in [-0.25, -0.2) is 4.79 Å². The van der Waals surface area contributed by atoms with Crippen molar-refractivity contribution in [2.75, 3.05) is 27.4 Å². The second kappa shape index (κ2) is 19.7. The number of esters is 1. The molecule has 0 aliphatic carbocycles. The fourth-order valence-electron chi connectivity index (χ4n) is 6.39. The van der Waals surface area contributed by atoms with Gasteiger partial charge in [-0.2, -0.15) is 0 Å². The molecule has 20 nitrogen and oxygen atoms in total. The number of methoxy groups -OCH3 is 2. The van der Waals surface area contributed by atoms with Gasteiger partial charge in [0.2, 0.25) is 12.0 Å². The maximum Gasteiger partial charge on any atom is 0.331 e. The molecule has 2 aromatic rings. The van der Waals surface area contributed by atoms with Crippen molar-refractivity contribution < 1.29 is 98.5 Å². The number of aliphatic hydroxyl groups is 8. The molecule has 3 saturated heterocycles. The summed E-state index contributed by atoms with van der Waals surface area (Å²) >= 11 is 0. The van der Waals surface area contributed by atoms with E-state index in [0.29, 0.717) is 11.1 Å². The third kappa shape index (κ3) is 10.2. The van der Waals surface area contributed by atoms with Gasteiger partial charge in [-0.3, -0.25) is 0 Å². The van der Waals surface area contributed by atoms with E-state index in [1.807, 2.05) is 0 Å². The van der Waals surface area contributed by atoms with E-state index in [1.54, 1.807) is 6.08 Å². The van der Waals surface area contributed by atoms with Gasteiger partial charge < -0.3 is 93.7 Å². The predicted octanol–water partition coefficient (Wildman–Crippen LogP) is -1.73. The third-order valence-electron chi connectivity index (χ3n) is 9.76. The van der Waals surface area contributed by atoms with E-state index in [4.69, 9.17) is 42.6 Å². The third-order valence-corrected chi connectivity index (χ3v) is 9.76.